The molecule has 0 aromatic heterocycles. The Hall–Kier alpha value is -0.530. The highest BCUT2D eigenvalue weighted by Crippen LogP contribution is 2.47. The SMILES string of the molecule is CC(C)P(=O)(O)OCCCCCOC1OC(COC2OC(COC3OC(COCCCCOC(C)(C)C)C(O)C(O)C3O)C(O)C(O)C2O)C(O)C(O)C1O. The van der Waals surface area contributed by atoms with Gasteiger partial charge in [-0.25, -0.2) is 0 Å². The molecule has 3 aliphatic rings. The van der Waals surface area contributed by atoms with Crippen molar-refractivity contribution in [1.29, 1.82) is 0 Å². The first kappa shape index (κ1) is 48.8. The van der Waals surface area contributed by atoms with Gasteiger partial charge in [-0.05, 0) is 52.9 Å². The first-order chi connectivity index (χ1) is 25.7. The van der Waals surface area contributed by atoms with Crippen LogP contribution in [0.1, 0.15) is 66.7 Å². The molecule has 0 aliphatic carbocycles. The third-order valence-electron chi connectivity index (χ3n) is 9.35. The highest BCUT2D eigenvalue weighted by Gasteiger charge is 2.49. The fourth-order valence-corrected chi connectivity index (χ4v) is 6.45. The van der Waals surface area contributed by atoms with Crippen LogP contribution in [0.15, 0.2) is 0 Å². The van der Waals surface area contributed by atoms with E-state index in [1.807, 2.05) is 20.8 Å². The van der Waals surface area contributed by atoms with E-state index >= 15 is 0 Å². The average molecular weight is 825 g/mol. The van der Waals surface area contributed by atoms with E-state index in [-0.39, 0.29) is 25.4 Å². The molecule has 3 rings (SSSR count). The predicted octanol–water partition coefficient (Wildman–Crippen LogP) is -2.15. The molecular formula is C34H65O20P. The molecule has 0 amide bonds. The number of aliphatic hydroxyl groups is 9. The molecule has 0 saturated carbocycles. The molecule has 10 N–H and O–H groups in total. The van der Waals surface area contributed by atoms with Crippen molar-refractivity contribution >= 4 is 7.60 Å². The number of hydrogen-bond acceptors (Lipinski definition) is 19. The summed E-state index contributed by atoms with van der Waals surface area (Å²) in [6, 6.07) is 0. The van der Waals surface area contributed by atoms with Crippen LogP contribution in [0.4, 0.5) is 0 Å². The van der Waals surface area contributed by atoms with Crippen LogP contribution < -0.4 is 0 Å². The summed E-state index contributed by atoms with van der Waals surface area (Å²) in [7, 11) is -3.67. The summed E-state index contributed by atoms with van der Waals surface area (Å²) in [4.78, 5) is 9.73. The second-order valence-corrected chi connectivity index (χ2v) is 17.8. The molecule has 3 heterocycles. The second kappa shape index (κ2) is 22.7. The van der Waals surface area contributed by atoms with Gasteiger partial charge in [0.1, 0.15) is 73.2 Å². The fraction of sp³-hybridized carbons (Fsp3) is 1.00. The third kappa shape index (κ3) is 14.9. The van der Waals surface area contributed by atoms with Crippen LogP contribution in [0, 0.1) is 0 Å². The fourth-order valence-electron chi connectivity index (χ4n) is 5.76. The molecule has 326 valence electrons. The Morgan fingerprint density at radius 2 is 0.927 bits per heavy atom. The second-order valence-electron chi connectivity index (χ2n) is 15.4. The molecule has 3 fully saturated rings. The predicted molar refractivity (Wildman–Crippen MR) is 188 cm³/mol. The maximum atomic E-state index is 11.9. The van der Waals surface area contributed by atoms with Crippen molar-refractivity contribution < 1.29 is 97.8 Å². The van der Waals surface area contributed by atoms with Crippen LogP contribution in [0.2, 0.25) is 0 Å². The Balaban J connectivity index is 1.47. The first-order valence-electron chi connectivity index (χ1n) is 18.9. The molecule has 0 radical (unpaired) electrons. The third-order valence-corrected chi connectivity index (χ3v) is 11.2. The van der Waals surface area contributed by atoms with E-state index in [9.17, 15) is 55.4 Å². The number of hydrogen-bond donors (Lipinski definition) is 10. The molecule has 16 unspecified atom stereocenters. The molecule has 0 bridgehead atoms. The van der Waals surface area contributed by atoms with Gasteiger partial charge < -0.3 is 93.3 Å². The summed E-state index contributed by atoms with van der Waals surface area (Å²) in [5.41, 5.74) is -0.782. The lowest BCUT2D eigenvalue weighted by molar-refractivity contribution is -0.342. The molecule has 3 saturated heterocycles. The molecule has 20 nitrogen and oxygen atoms in total. The van der Waals surface area contributed by atoms with E-state index in [1.165, 1.54) is 0 Å². The molecule has 0 spiro atoms. The van der Waals surface area contributed by atoms with Gasteiger partial charge in [-0.3, -0.25) is 4.57 Å². The van der Waals surface area contributed by atoms with Gasteiger partial charge in [-0.15, -0.1) is 0 Å². The average Bonchev–Trinajstić information content (AvgIpc) is 3.12. The van der Waals surface area contributed by atoms with E-state index in [0.29, 0.717) is 38.9 Å². The van der Waals surface area contributed by atoms with Gasteiger partial charge in [0, 0.05) is 19.8 Å². The van der Waals surface area contributed by atoms with Gasteiger partial charge in [0.05, 0.1) is 37.7 Å². The van der Waals surface area contributed by atoms with Crippen molar-refractivity contribution in [3.8, 4) is 0 Å². The Kier molecular flexibility index (Phi) is 20.2. The number of unbranched alkanes of at least 4 members (excludes halogenated alkanes) is 3. The lowest BCUT2D eigenvalue weighted by Gasteiger charge is -2.44. The van der Waals surface area contributed by atoms with Crippen LogP contribution in [0.5, 0.6) is 0 Å². The minimum atomic E-state index is -3.67. The van der Waals surface area contributed by atoms with E-state index in [1.54, 1.807) is 13.8 Å². The minimum absolute atomic E-state index is 0.0617. The zero-order chi connectivity index (χ0) is 41.1. The van der Waals surface area contributed by atoms with Crippen molar-refractivity contribution in [3.63, 3.8) is 0 Å². The summed E-state index contributed by atoms with van der Waals surface area (Å²) in [6.45, 7) is 8.79. The molecule has 16 atom stereocenters. The van der Waals surface area contributed by atoms with Gasteiger partial charge in [-0.1, -0.05) is 13.8 Å². The van der Waals surface area contributed by atoms with Crippen molar-refractivity contribution in [3.05, 3.63) is 0 Å². The van der Waals surface area contributed by atoms with Gasteiger partial charge in [0.25, 0.3) is 0 Å². The van der Waals surface area contributed by atoms with Crippen molar-refractivity contribution in [2.75, 3.05) is 46.2 Å². The van der Waals surface area contributed by atoms with E-state index in [0.717, 1.165) is 6.42 Å². The van der Waals surface area contributed by atoms with E-state index in [2.05, 4.69) is 0 Å². The Labute approximate surface area is 321 Å². The van der Waals surface area contributed by atoms with Crippen molar-refractivity contribution in [2.24, 2.45) is 0 Å². The highest BCUT2D eigenvalue weighted by molar-refractivity contribution is 7.53. The van der Waals surface area contributed by atoms with Crippen LogP contribution in [-0.4, -0.2) is 200 Å². The monoisotopic (exact) mass is 824 g/mol. The van der Waals surface area contributed by atoms with Crippen LogP contribution >= 0.6 is 7.60 Å². The zero-order valence-electron chi connectivity index (χ0n) is 32.2. The highest BCUT2D eigenvalue weighted by atomic mass is 31.2. The Morgan fingerprint density at radius 3 is 1.38 bits per heavy atom. The van der Waals surface area contributed by atoms with Gasteiger partial charge >= 0.3 is 7.60 Å². The maximum Gasteiger partial charge on any atom is 0.330 e. The molecular weight excluding hydrogens is 759 g/mol. The smallest absolute Gasteiger partial charge is 0.330 e. The molecule has 55 heavy (non-hydrogen) atoms. The lowest BCUT2D eigenvalue weighted by Crippen LogP contribution is -2.62. The number of ether oxygens (including phenoxy) is 8. The number of aliphatic hydroxyl groups excluding tert-OH is 9. The summed E-state index contributed by atoms with van der Waals surface area (Å²) in [5.74, 6) is 0. The first-order valence-corrected chi connectivity index (χ1v) is 20.5. The quantitative estimate of drug-likeness (QED) is 0.0411. The van der Waals surface area contributed by atoms with Gasteiger partial charge in [-0.2, -0.15) is 0 Å². The minimum Gasteiger partial charge on any atom is -0.387 e. The summed E-state index contributed by atoms with van der Waals surface area (Å²) >= 11 is 0. The van der Waals surface area contributed by atoms with Gasteiger partial charge in [0.15, 0.2) is 18.9 Å². The van der Waals surface area contributed by atoms with Crippen molar-refractivity contribution in [1.82, 2.24) is 0 Å². The summed E-state index contributed by atoms with van der Waals surface area (Å²) < 4.78 is 61.9. The molecule has 0 aromatic rings. The van der Waals surface area contributed by atoms with Crippen molar-refractivity contribution in [2.45, 2.75) is 170 Å². The largest absolute Gasteiger partial charge is 0.387 e. The van der Waals surface area contributed by atoms with Crippen LogP contribution in [0.3, 0.4) is 0 Å². The summed E-state index contributed by atoms with van der Waals surface area (Å²) in [5, 5.41) is 94.6. The topological polar surface area (TPSA) is 302 Å². The maximum absolute atomic E-state index is 11.9. The lowest BCUT2D eigenvalue weighted by atomic mass is 9.98. The normalized spacial score (nSPS) is 38.7. The zero-order valence-corrected chi connectivity index (χ0v) is 33.1. The standard InChI is InChI=1S/C34H65O20P/c1-18(2)55(44,45)51-14-8-6-7-12-47-31-28(41)26(39)23(36)20(53-31)16-49-33-30(43)27(40)24(37)21(54-33)17-48-32-29(42)25(38)22(35)19(52-32)15-46-11-9-10-13-50-34(3,4)5/h18-33,35-43H,6-17H2,1-5H3,(H,44,45). The van der Waals surface area contributed by atoms with E-state index in [4.69, 9.17) is 42.4 Å². The molecule has 21 heteroatoms. The Bertz CT molecular complexity index is 1130. The van der Waals surface area contributed by atoms with Crippen LogP contribution in [0.25, 0.3) is 0 Å². The Morgan fingerprint density at radius 1 is 0.527 bits per heavy atom. The van der Waals surface area contributed by atoms with Gasteiger partial charge in [0.2, 0.25) is 0 Å². The van der Waals surface area contributed by atoms with E-state index < -0.39 is 119 Å². The summed E-state index contributed by atoms with van der Waals surface area (Å²) in [6.07, 6.45) is -20.7. The van der Waals surface area contributed by atoms with Crippen LogP contribution in [-0.2, 0) is 47.0 Å². The number of rotatable bonds is 22. The molecule has 3 aliphatic heterocycles. The molecule has 0 aromatic carbocycles.